The molecule has 11 nitrogen and oxygen atoms in total. The number of hydrogen-bond donors (Lipinski definition) is 1. The molecule has 32 heavy (non-hydrogen) atoms. The van der Waals surface area contributed by atoms with Crippen molar-refractivity contribution in [2.24, 2.45) is 7.05 Å². The maximum Gasteiger partial charge on any atom is 0.243 e. The Kier molecular flexibility index (Phi) is 6.81. The lowest BCUT2D eigenvalue weighted by Gasteiger charge is -2.10. The summed E-state index contributed by atoms with van der Waals surface area (Å²) in [6, 6.07) is 5.60. The minimum atomic E-state index is -0.116. The average Bonchev–Trinajstić information content (AvgIpc) is 3.51. The van der Waals surface area contributed by atoms with E-state index >= 15 is 0 Å². The van der Waals surface area contributed by atoms with Crippen LogP contribution in [0.2, 0.25) is 0 Å². The van der Waals surface area contributed by atoms with E-state index in [4.69, 9.17) is 18.9 Å². The average molecular weight is 461 g/mol. The number of fused-ring (bicyclic) bond motifs is 1. The number of carbonyl (C=O) groups is 1. The molecule has 170 valence electrons. The van der Waals surface area contributed by atoms with Crippen molar-refractivity contribution in [1.82, 2.24) is 29.9 Å². The highest BCUT2D eigenvalue weighted by molar-refractivity contribution is 7.99. The molecular formula is C20H24N6O5S. The molecule has 12 heteroatoms. The van der Waals surface area contributed by atoms with Gasteiger partial charge in [-0.1, -0.05) is 17.8 Å². The van der Waals surface area contributed by atoms with Crippen molar-refractivity contribution in [2.75, 3.05) is 33.4 Å². The zero-order chi connectivity index (χ0) is 22.5. The van der Waals surface area contributed by atoms with Crippen LogP contribution in [0.15, 0.2) is 29.6 Å². The van der Waals surface area contributed by atoms with Crippen molar-refractivity contribution in [3.05, 3.63) is 30.0 Å². The van der Waals surface area contributed by atoms with Crippen LogP contribution >= 0.6 is 11.8 Å². The van der Waals surface area contributed by atoms with Gasteiger partial charge in [-0.3, -0.25) is 14.0 Å². The zero-order valence-electron chi connectivity index (χ0n) is 18.0. The first-order valence-corrected chi connectivity index (χ1v) is 10.9. The van der Waals surface area contributed by atoms with Crippen molar-refractivity contribution in [1.29, 1.82) is 0 Å². The molecule has 0 aliphatic carbocycles. The molecule has 0 spiro atoms. The Morgan fingerprint density at radius 1 is 1.25 bits per heavy atom. The Labute approximate surface area is 189 Å². The van der Waals surface area contributed by atoms with E-state index in [-0.39, 0.29) is 18.5 Å². The second-order valence-corrected chi connectivity index (χ2v) is 7.87. The predicted molar refractivity (Wildman–Crippen MR) is 116 cm³/mol. The van der Waals surface area contributed by atoms with Crippen molar-refractivity contribution >= 4 is 17.7 Å². The fraction of sp³-hybridized carbons (Fsp3) is 0.400. The highest BCUT2D eigenvalue weighted by Crippen LogP contribution is 2.32. The Bertz CT molecular complexity index is 1100. The van der Waals surface area contributed by atoms with Crippen LogP contribution < -0.4 is 19.5 Å². The Hall–Kier alpha value is -3.25. The van der Waals surface area contributed by atoms with Gasteiger partial charge in [-0.05, 0) is 17.7 Å². The van der Waals surface area contributed by atoms with Gasteiger partial charge in [0, 0.05) is 26.9 Å². The molecule has 3 heterocycles. The van der Waals surface area contributed by atoms with Gasteiger partial charge in [-0.25, -0.2) is 0 Å². The number of nitrogens with one attached hydrogen (secondary N) is 1. The Morgan fingerprint density at radius 2 is 2.09 bits per heavy atom. The lowest BCUT2D eigenvalue weighted by Crippen LogP contribution is -2.24. The van der Waals surface area contributed by atoms with Gasteiger partial charge in [0.25, 0.3) is 0 Å². The summed E-state index contributed by atoms with van der Waals surface area (Å²) in [4.78, 5) is 12.4. The van der Waals surface area contributed by atoms with Crippen LogP contribution in [-0.4, -0.2) is 63.8 Å². The van der Waals surface area contributed by atoms with E-state index in [1.54, 1.807) is 18.9 Å². The summed E-state index contributed by atoms with van der Waals surface area (Å²) in [6.07, 6.45) is 1.82. The van der Waals surface area contributed by atoms with Gasteiger partial charge in [0.15, 0.2) is 22.5 Å². The summed E-state index contributed by atoms with van der Waals surface area (Å²) < 4.78 is 24.8. The maximum absolute atomic E-state index is 12.4. The van der Waals surface area contributed by atoms with Gasteiger partial charge >= 0.3 is 0 Å². The van der Waals surface area contributed by atoms with Crippen molar-refractivity contribution in [3.8, 4) is 28.8 Å². The van der Waals surface area contributed by atoms with Crippen molar-refractivity contribution in [3.63, 3.8) is 0 Å². The molecule has 1 aromatic carbocycles. The fourth-order valence-corrected chi connectivity index (χ4v) is 3.98. The van der Waals surface area contributed by atoms with Crippen LogP contribution in [0.25, 0.3) is 11.4 Å². The van der Waals surface area contributed by atoms with Crippen molar-refractivity contribution < 1.29 is 23.7 Å². The molecule has 1 aliphatic heterocycles. The van der Waals surface area contributed by atoms with E-state index in [2.05, 4.69) is 20.6 Å². The van der Waals surface area contributed by atoms with Crippen LogP contribution in [-0.2, 0) is 29.7 Å². The molecule has 2 aromatic heterocycles. The molecule has 4 rings (SSSR count). The normalized spacial score (nSPS) is 12.2. The molecule has 0 saturated heterocycles. The molecule has 0 fully saturated rings. The fourth-order valence-electron chi connectivity index (χ4n) is 3.18. The number of methoxy groups -OCH3 is 2. The molecule has 1 aliphatic rings. The summed E-state index contributed by atoms with van der Waals surface area (Å²) in [5.74, 6) is 2.55. The standard InChI is InChI=1S/C20H24N6O5S/c1-25-10-14(19(24-25)29-3)18-22-23-20(26(18)6-7-28-2)32-11-17(27)21-9-13-4-5-15-16(8-13)31-12-30-15/h4-5,8,10H,6-7,9,11-12H2,1-3H3,(H,21,27). The monoisotopic (exact) mass is 460 g/mol. The van der Waals surface area contributed by atoms with Crippen LogP contribution in [0.3, 0.4) is 0 Å². The number of carbonyl (C=O) groups excluding carboxylic acids is 1. The lowest BCUT2D eigenvalue weighted by molar-refractivity contribution is -0.118. The minimum Gasteiger partial charge on any atom is -0.479 e. The molecule has 1 N–H and O–H groups in total. The summed E-state index contributed by atoms with van der Waals surface area (Å²) in [7, 11) is 4.99. The first-order valence-electron chi connectivity index (χ1n) is 9.87. The van der Waals surface area contributed by atoms with Gasteiger partial charge in [0.05, 0.1) is 26.0 Å². The van der Waals surface area contributed by atoms with E-state index in [0.717, 1.165) is 11.1 Å². The van der Waals surface area contributed by atoms with E-state index < -0.39 is 0 Å². The van der Waals surface area contributed by atoms with Crippen LogP contribution in [0.1, 0.15) is 5.56 Å². The van der Waals surface area contributed by atoms with E-state index in [1.165, 1.54) is 11.8 Å². The summed E-state index contributed by atoms with van der Waals surface area (Å²) in [5, 5.41) is 16.4. The van der Waals surface area contributed by atoms with E-state index in [0.29, 0.717) is 48.1 Å². The van der Waals surface area contributed by atoms with Crippen LogP contribution in [0.4, 0.5) is 0 Å². The molecule has 0 unspecified atom stereocenters. The number of rotatable bonds is 10. The first kappa shape index (κ1) is 22.0. The molecule has 0 radical (unpaired) electrons. The SMILES string of the molecule is COCCn1c(SCC(=O)NCc2ccc3c(c2)OCO3)nnc1-c1cn(C)nc1OC. The lowest BCUT2D eigenvalue weighted by atomic mass is 10.2. The highest BCUT2D eigenvalue weighted by Gasteiger charge is 2.21. The zero-order valence-corrected chi connectivity index (χ0v) is 18.8. The second kappa shape index (κ2) is 9.92. The van der Waals surface area contributed by atoms with Gasteiger partial charge in [0.2, 0.25) is 18.6 Å². The number of nitrogens with zero attached hydrogens (tertiary/aromatic N) is 5. The summed E-state index contributed by atoms with van der Waals surface area (Å²) >= 11 is 1.31. The Balaban J connectivity index is 1.41. The minimum absolute atomic E-state index is 0.116. The highest BCUT2D eigenvalue weighted by atomic mass is 32.2. The number of benzene rings is 1. The number of amides is 1. The predicted octanol–water partition coefficient (Wildman–Crippen LogP) is 1.47. The third-order valence-electron chi connectivity index (χ3n) is 4.72. The van der Waals surface area contributed by atoms with Crippen LogP contribution in [0, 0.1) is 0 Å². The molecule has 3 aromatic rings. The maximum atomic E-state index is 12.4. The quantitative estimate of drug-likeness (QED) is 0.449. The van der Waals surface area contributed by atoms with Crippen molar-refractivity contribution in [2.45, 2.75) is 18.2 Å². The van der Waals surface area contributed by atoms with E-state index in [1.807, 2.05) is 36.0 Å². The summed E-state index contributed by atoms with van der Waals surface area (Å²) in [5.41, 5.74) is 1.65. The molecular weight excluding hydrogens is 436 g/mol. The number of ether oxygens (including phenoxy) is 4. The van der Waals surface area contributed by atoms with Crippen LogP contribution in [0.5, 0.6) is 17.4 Å². The largest absolute Gasteiger partial charge is 0.479 e. The smallest absolute Gasteiger partial charge is 0.243 e. The van der Waals surface area contributed by atoms with Gasteiger partial charge in [0.1, 0.15) is 5.56 Å². The molecule has 0 atom stereocenters. The number of aromatic nitrogens is 5. The third-order valence-corrected chi connectivity index (χ3v) is 5.69. The molecule has 0 saturated carbocycles. The van der Waals surface area contributed by atoms with E-state index in [9.17, 15) is 4.79 Å². The number of thioether (sulfide) groups is 1. The summed E-state index contributed by atoms with van der Waals surface area (Å²) in [6.45, 7) is 1.61. The number of aryl methyl sites for hydroxylation is 1. The van der Waals surface area contributed by atoms with Gasteiger partial charge in [-0.15, -0.1) is 15.3 Å². The Morgan fingerprint density at radius 3 is 2.91 bits per heavy atom. The first-order chi connectivity index (χ1) is 15.6. The third kappa shape index (κ3) is 4.81. The van der Waals surface area contributed by atoms with Gasteiger partial charge in [-0.2, -0.15) is 0 Å². The second-order valence-electron chi connectivity index (χ2n) is 6.93. The van der Waals surface area contributed by atoms with Gasteiger partial charge < -0.3 is 24.3 Å². The number of hydrogen-bond acceptors (Lipinski definition) is 9. The molecule has 0 bridgehead atoms. The topological polar surface area (TPSA) is 115 Å². The molecule has 1 amide bonds.